The van der Waals surface area contributed by atoms with Crippen LogP contribution in [0.4, 0.5) is 26.3 Å². The molecule has 0 bridgehead atoms. The summed E-state index contributed by atoms with van der Waals surface area (Å²) in [6.45, 7) is 4.58. The van der Waals surface area contributed by atoms with Crippen molar-refractivity contribution < 1.29 is 31.1 Å². The van der Waals surface area contributed by atoms with Crippen molar-refractivity contribution in [1.82, 2.24) is 14.2 Å². The maximum absolute atomic E-state index is 13.2. The minimum atomic E-state index is -4.94. The van der Waals surface area contributed by atoms with Crippen LogP contribution in [0.2, 0.25) is 0 Å². The van der Waals surface area contributed by atoms with Crippen LogP contribution in [0.25, 0.3) is 0 Å². The van der Waals surface area contributed by atoms with E-state index in [1.165, 1.54) is 0 Å². The average molecular weight is 427 g/mol. The van der Waals surface area contributed by atoms with Gasteiger partial charge in [0.15, 0.2) is 5.69 Å². The standard InChI is InChI=1S/C17H19F6N3OS/c18-16(19,20)13-2-1-12(14(24-13)17(21,22)23)28-26-9-15(10-26)7-25(8-15)11-3-5-27-6-4-11/h1-2,11H,3-10H2. The first-order valence-electron chi connectivity index (χ1n) is 8.96. The maximum atomic E-state index is 13.2. The van der Waals surface area contributed by atoms with E-state index >= 15 is 0 Å². The van der Waals surface area contributed by atoms with Crippen molar-refractivity contribution in [2.75, 3.05) is 39.4 Å². The van der Waals surface area contributed by atoms with E-state index in [0.717, 1.165) is 57.2 Å². The fourth-order valence-corrected chi connectivity index (χ4v) is 5.44. The topological polar surface area (TPSA) is 28.6 Å². The molecule has 3 aliphatic heterocycles. The minimum absolute atomic E-state index is 0.0863. The highest BCUT2D eigenvalue weighted by Gasteiger charge is 2.53. The molecule has 4 rings (SSSR count). The van der Waals surface area contributed by atoms with Crippen molar-refractivity contribution in [1.29, 1.82) is 0 Å². The van der Waals surface area contributed by atoms with Crippen LogP contribution in [0.1, 0.15) is 24.2 Å². The van der Waals surface area contributed by atoms with Crippen molar-refractivity contribution in [3.8, 4) is 0 Å². The molecule has 1 aromatic rings. The van der Waals surface area contributed by atoms with Gasteiger partial charge in [-0.3, -0.25) is 4.90 Å². The summed E-state index contributed by atoms with van der Waals surface area (Å²) in [6.07, 6.45) is -7.85. The number of likely N-dealkylation sites (tertiary alicyclic amines) is 1. The van der Waals surface area contributed by atoms with Crippen LogP contribution in [0.3, 0.4) is 0 Å². The first-order valence-corrected chi connectivity index (χ1v) is 9.73. The van der Waals surface area contributed by atoms with Gasteiger partial charge in [0.05, 0.1) is 4.90 Å². The number of nitrogens with zero attached hydrogens (tertiary/aromatic N) is 3. The maximum Gasteiger partial charge on any atom is 0.434 e. The fraction of sp³-hybridized carbons (Fsp3) is 0.706. The van der Waals surface area contributed by atoms with Gasteiger partial charge >= 0.3 is 12.4 Å². The predicted molar refractivity (Wildman–Crippen MR) is 89.5 cm³/mol. The number of rotatable bonds is 3. The van der Waals surface area contributed by atoms with E-state index in [4.69, 9.17) is 4.74 Å². The van der Waals surface area contributed by atoms with Gasteiger partial charge in [0.2, 0.25) is 0 Å². The van der Waals surface area contributed by atoms with E-state index in [9.17, 15) is 26.3 Å². The molecule has 0 saturated carbocycles. The molecule has 4 nitrogen and oxygen atoms in total. The predicted octanol–water partition coefficient (Wildman–Crippen LogP) is 3.92. The van der Waals surface area contributed by atoms with Gasteiger partial charge in [-0.15, -0.1) is 0 Å². The molecule has 3 saturated heterocycles. The van der Waals surface area contributed by atoms with Gasteiger partial charge in [0, 0.05) is 50.8 Å². The molecule has 28 heavy (non-hydrogen) atoms. The Bertz CT molecular complexity index is 721. The van der Waals surface area contributed by atoms with E-state index in [2.05, 4.69) is 9.88 Å². The number of hydrogen-bond donors (Lipinski definition) is 0. The second kappa shape index (κ2) is 7.03. The molecule has 0 unspecified atom stereocenters. The van der Waals surface area contributed by atoms with Crippen LogP contribution in [-0.4, -0.2) is 59.6 Å². The van der Waals surface area contributed by atoms with Gasteiger partial charge in [-0.1, -0.05) is 0 Å². The summed E-state index contributed by atoms with van der Waals surface area (Å²) in [6, 6.07) is 1.98. The summed E-state index contributed by atoms with van der Waals surface area (Å²) in [7, 11) is 0. The number of alkyl halides is 6. The lowest BCUT2D eigenvalue weighted by Gasteiger charge is -2.62. The Hall–Kier alpha value is -1.04. The summed E-state index contributed by atoms with van der Waals surface area (Å²) in [5, 5.41) is 0. The second-order valence-corrected chi connectivity index (χ2v) is 8.82. The first-order chi connectivity index (χ1) is 13.1. The summed E-state index contributed by atoms with van der Waals surface area (Å²) >= 11 is 0.837. The Kier molecular flexibility index (Phi) is 5.08. The van der Waals surface area contributed by atoms with E-state index in [1.54, 1.807) is 4.31 Å². The normalized spacial score (nSPS) is 24.2. The molecule has 11 heteroatoms. The van der Waals surface area contributed by atoms with Crippen molar-refractivity contribution in [3.63, 3.8) is 0 Å². The van der Waals surface area contributed by atoms with E-state index in [-0.39, 0.29) is 10.3 Å². The third-order valence-electron chi connectivity index (χ3n) is 5.45. The molecule has 0 amide bonds. The van der Waals surface area contributed by atoms with Crippen LogP contribution in [0.15, 0.2) is 17.0 Å². The Morgan fingerprint density at radius 3 is 2.18 bits per heavy atom. The molecule has 4 heterocycles. The molecule has 3 fully saturated rings. The molecular formula is C17H19F6N3OS. The van der Waals surface area contributed by atoms with Gasteiger partial charge in [-0.25, -0.2) is 9.29 Å². The zero-order chi connectivity index (χ0) is 20.2. The Morgan fingerprint density at radius 2 is 1.61 bits per heavy atom. The molecule has 0 N–H and O–H groups in total. The zero-order valence-electron chi connectivity index (χ0n) is 14.8. The number of ether oxygens (including phenoxy) is 1. The second-order valence-electron chi connectivity index (χ2n) is 7.68. The molecule has 156 valence electrons. The molecule has 0 aliphatic carbocycles. The highest BCUT2D eigenvalue weighted by Crippen LogP contribution is 2.47. The summed E-state index contributed by atoms with van der Waals surface area (Å²) in [5.41, 5.74) is -2.93. The molecule has 0 radical (unpaired) electrons. The molecule has 1 spiro atoms. The Morgan fingerprint density at radius 1 is 0.964 bits per heavy atom. The summed E-state index contributed by atoms with van der Waals surface area (Å²) < 4.78 is 84.9. The zero-order valence-corrected chi connectivity index (χ0v) is 15.6. The summed E-state index contributed by atoms with van der Waals surface area (Å²) in [5.74, 6) is 0. The number of pyridine rings is 1. The highest BCUT2D eigenvalue weighted by atomic mass is 32.2. The van der Waals surface area contributed by atoms with Crippen LogP contribution >= 0.6 is 11.9 Å². The first kappa shape index (κ1) is 20.2. The lowest BCUT2D eigenvalue weighted by atomic mass is 9.73. The number of aromatic nitrogens is 1. The third-order valence-corrected chi connectivity index (χ3v) is 6.49. The lowest BCUT2D eigenvalue weighted by Crippen LogP contribution is -2.72. The van der Waals surface area contributed by atoms with Gasteiger partial charge in [-0.2, -0.15) is 26.3 Å². The van der Waals surface area contributed by atoms with E-state index in [1.807, 2.05) is 0 Å². The van der Waals surface area contributed by atoms with E-state index in [0.29, 0.717) is 25.2 Å². The van der Waals surface area contributed by atoms with E-state index < -0.39 is 23.7 Å². The van der Waals surface area contributed by atoms with Gasteiger partial charge in [0.25, 0.3) is 0 Å². The van der Waals surface area contributed by atoms with Crippen LogP contribution in [-0.2, 0) is 17.1 Å². The van der Waals surface area contributed by atoms with Gasteiger partial charge < -0.3 is 4.74 Å². The van der Waals surface area contributed by atoms with Crippen LogP contribution in [0, 0.1) is 5.41 Å². The minimum Gasteiger partial charge on any atom is -0.381 e. The quantitative estimate of drug-likeness (QED) is 0.539. The monoisotopic (exact) mass is 427 g/mol. The van der Waals surface area contributed by atoms with Gasteiger partial charge in [0.1, 0.15) is 5.69 Å². The molecule has 1 aromatic heterocycles. The molecule has 0 atom stereocenters. The van der Waals surface area contributed by atoms with Crippen LogP contribution in [0.5, 0.6) is 0 Å². The summed E-state index contributed by atoms with van der Waals surface area (Å²) in [4.78, 5) is 4.95. The number of halogens is 6. The van der Waals surface area contributed by atoms with Gasteiger partial charge in [-0.05, 0) is 36.9 Å². The molecule has 0 aromatic carbocycles. The highest BCUT2D eigenvalue weighted by molar-refractivity contribution is 7.97. The lowest BCUT2D eigenvalue weighted by molar-refractivity contribution is -0.151. The Balaban J connectivity index is 1.37. The average Bonchev–Trinajstić information content (AvgIpc) is 2.54. The fourth-order valence-electron chi connectivity index (χ4n) is 4.11. The largest absolute Gasteiger partial charge is 0.434 e. The van der Waals surface area contributed by atoms with Crippen molar-refractivity contribution in [3.05, 3.63) is 23.5 Å². The third kappa shape index (κ3) is 3.99. The molecule has 3 aliphatic rings. The molecular weight excluding hydrogens is 408 g/mol. The van der Waals surface area contributed by atoms with Crippen molar-refractivity contribution >= 4 is 11.9 Å². The number of hydrogen-bond acceptors (Lipinski definition) is 5. The van der Waals surface area contributed by atoms with Crippen LogP contribution < -0.4 is 0 Å². The Labute approximate surface area is 162 Å². The smallest absolute Gasteiger partial charge is 0.381 e. The van der Waals surface area contributed by atoms with Crippen molar-refractivity contribution in [2.45, 2.75) is 36.1 Å². The van der Waals surface area contributed by atoms with Crippen molar-refractivity contribution in [2.24, 2.45) is 5.41 Å². The SMILES string of the molecule is FC(F)(F)c1ccc(SN2CC3(C2)CN(C2CCOCC2)C3)c(C(F)(F)F)n1.